The largest absolute Gasteiger partial charge is 0.493 e. The van der Waals surface area contributed by atoms with Gasteiger partial charge in [-0.1, -0.05) is 6.07 Å². The topological polar surface area (TPSA) is 47.6 Å². The molecule has 1 amide bonds. The van der Waals surface area contributed by atoms with Gasteiger partial charge in [0.1, 0.15) is 5.75 Å². The minimum absolute atomic E-state index is 0.0177. The molecule has 0 radical (unpaired) electrons. The van der Waals surface area contributed by atoms with Crippen LogP contribution in [0.5, 0.6) is 5.75 Å². The average molecular weight is 251 g/mol. The third kappa shape index (κ3) is 5.19. The summed E-state index contributed by atoms with van der Waals surface area (Å²) in [6.45, 7) is 5.56. The van der Waals surface area contributed by atoms with Crippen LogP contribution < -0.4 is 10.1 Å². The highest BCUT2D eigenvalue weighted by Gasteiger charge is 2.02. The average Bonchev–Trinajstić information content (AvgIpc) is 2.34. The molecule has 1 aromatic rings. The number of benzene rings is 1. The maximum absolute atomic E-state index is 11.4. The first kappa shape index (κ1) is 14.5. The number of ether oxygens (including phenoxy) is 2. The van der Waals surface area contributed by atoms with Crippen molar-refractivity contribution in [2.75, 3.05) is 26.9 Å². The standard InChI is InChI=1S/C14H21NO3/c1-11-4-5-13(10-12(11)2)18-8-6-14(16)15-7-9-17-3/h4-5,10H,6-9H2,1-3H3,(H,15,16). The van der Waals surface area contributed by atoms with Crippen molar-refractivity contribution in [3.8, 4) is 5.75 Å². The monoisotopic (exact) mass is 251 g/mol. The van der Waals surface area contributed by atoms with E-state index < -0.39 is 0 Å². The summed E-state index contributed by atoms with van der Waals surface area (Å²) < 4.78 is 10.4. The van der Waals surface area contributed by atoms with Crippen LogP contribution in [0.15, 0.2) is 18.2 Å². The summed E-state index contributed by atoms with van der Waals surface area (Å²) in [6.07, 6.45) is 0.358. The Kier molecular flexibility index (Phi) is 6.22. The fraction of sp³-hybridized carbons (Fsp3) is 0.500. The van der Waals surface area contributed by atoms with Crippen LogP contribution in [0.25, 0.3) is 0 Å². The molecule has 0 aliphatic rings. The Morgan fingerprint density at radius 1 is 1.22 bits per heavy atom. The molecule has 0 saturated carbocycles. The summed E-state index contributed by atoms with van der Waals surface area (Å²) >= 11 is 0. The summed E-state index contributed by atoms with van der Waals surface area (Å²) in [6, 6.07) is 5.92. The van der Waals surface area contributed by atoms with Crippen LogP contribution in [0, 0.1) is 13.8 Å². The lowest BCUT2D eigenvalue weighted by Gasteiger charge is -2.08. The number of nitrogens with one attached hydrogen (secondary N) is 1. The molecule has 4 heteroatoms. The van der Waals surface area contributed by atoms with E-state index in [0.717, 1.165) is 5.75 Å². The molecule has 0 aromatic heterocycles. The Bertz CT molecular complexity index is 391. The van der Waals surface area contributed by atoms with Crippen molar-refractivity contribution in [1.82, 2.24) is 5.32 Å². The third-order valence-electron chi connectivity index (χ3n) is 2.70. The van der Waals surface area contributed by atoms with Gasteiger partial charge in [-0.25, -0.2) is 0 Å². The zero-order valence-corrected chi connectivity index (χ0v) is 11.3. The lowest BCUT2D eigenvalue weighted by Crippen LogP contribution is -2.28. The van der Waals surface area contributed by atoms with E-state index in [2.05, 4.69) is 12.2 Å². The van der Waals surface area contributed by atoms with E-state index in [9.17, 15) is 4.79 Å². The van der Waals surface area contributed by atoms with E-state index in [4.69, 9.17) is 9.47 Å². The first-order valence-corrected chi connectivity index (χ1v) is 6.09. The highest BCUT2D eigenvalue weighted by molar-refractivity contribution is 5.75. The van der Waals surface area contributed by atoms with Gasteiger partial charge in [0.15, 0.2) is 0 Å². The number of methoxy groups -OCH3 is 1. The van der Waals surface area contributed by atoms with Gasteiger partial charge in [0.2, 0.25) is 5.91 Å². The van der Waals surface area contributed by atoms with Gasteiger partial charge in [-0.3, -0.25) is 4.79 Å². The summed E-state index contributed by atoms with van der Waals surface area (Å²) in [5.41, 5.74) is 2.43. The normalized spacial score (nSPS) is 10.2. The van der Waals surface area contributed by atoms with Crippen molar-refractivity contribution in [2.24, 2.45) is 0 Å². The van der Waals surface area contributed by atoms with Gasteiger partial charge >= 0.3 is 0 Å². The zero-order valence-electron chi connectivity index (χ0n) is 11.3. The van der Waals surface area contributed by atoms with E-state index in [1.165, 1.54) is 11.1 Å². The molecule has 0 fully saturated rings. The molecule has 0 aliphatic heterocycles. The summed E-state index contributed by atoms with van der Waals surface area (Å²) in [5, 5.41) is 2.75. The maximum Gasteiger partial charge on any atom is 0.223 e. The van der Waals surface area contributed by atoms with E-state index >= 15 is 0 Å². The van der Waals surface area contributed by atoms with Gasteiger partial charge in [-0.05, 0) is 37.1 Å². The number of hydrogen-bond acceptors (Lipinski definition) is 3. The Morgan fingerprint density at radius 3 is 2.67 bits per heavy atom. The molecule has 100 valence electrons. The smallest absolute Gasteiger partial charge is 0.223 e. The minimum Gasteiger partial charge on any atom is -0.493 e. The van der Waals surface area contributed by atoms with Crippen molar-refractivity contribution in [3.63, 3.8) is 0 Å². The van der Waals surface area contributed by atoms with Crippen molar-refractivity contribution < 1.29 is 14.3 Å². The lowest BCUT2D eigenvalue weighted by atomic mass is 10.1. The van der Waals surface area contributed by atoms with Crippen molar-refractivity contribution in [2.45, 2.75) is 20.3 Å². The van der Waals surface area contributed by atoms with Gasteiger partial charge in [-0.2, -0.15) is 0 Å². The third-order valence-corrected chi connectivity index (χ3v) is 2.70. The lowest BCUT2D eigenvalue weighted by molar-refractivity contribution is -0.121. The molecule has 0 saturated heterocycles. The van der Waals surface area contributed by atoms with Crippen molar-refractivity contribution >= 4 is 5.91 Å². The van der Waals surface area contributed by atoms with Crippen LogP contribution in [0.2, 0.25) is 0 Å². The fourth-order valence-electron chi connectivity index (χ4n) is 1.45. The second kappa shape index (κ2) is 7.71. The SMILES string of the molecule is COCCNC(=O)CCOc1ccc(C)c(C)c1. The first-order chi connectivity index (χ1) is 8.63. The summed E-state index contributed by atoms with van der Waals surface area (Å²) in [4.78, 5) is 11.4. The molecule has 0 unspecified atom stereocenters. The highest BCUT2D eigenvalue weighted by Crippen LogP contribution is 2.16. The molecular formula is C14H21NO3. The molecule has 4 nitrogen and oxygen atoms in total. The predicted octanol–water partition coefficient (Wildman–Crippen LogP) is 1.83. The number of amides is 1. The fourth-order valence-corrected chi connectivity index (χ4v) is 1.45. The predicted molar refractivity (Wildman–Crippen MR) is 70.9 cm³/mol. The molecule has 0 atom stereocenters. The Hall–Kier alpha value is -1.55. The van der Waals surface area contributed by atoms with E-state index in [1.807, 2.05) is 25.1 Å². The summed E-state index contributed by atoms with van der Waals surface area (Å²) in [7, 11) is 1.61. The molecular weight excluding hydrogens is 230 g/mol. The molecule has 0 bridgehead atoms. The highest BCUT2D eigenvalue weighted by atomic mass is 16.5. The molecule has 0 aliphatic carbocycles. The van der Waals surface area contributed by atoms with Crippen LogP contribution in [0.1, 0.15) is 17.5 Å². The second-order valence-electron chi connectivity index (χ2n) is 4.19. The van der Waals surface area contributed by atoms with E-state index in [1.54, 1.807) is 7.11 Å². The Morgan fingerprint density at radius 2 is 2.00 bits per heavy atom. The molecule has 1 rings (SSSR count). The van der Waals surface area contributed by atoms with Crippen LogP contribution in [-0.2, 0) is 9.53 Å². The first-order valence-electron chi connectivity index (χ1n) is 6.09. The van der Waals surface area contributed by atoms with E-state index in [-0.39, 0.29) is 5.91 Å². The van der Waals surface area contributed by atoms with Crippen LogP contribution in [0.3, 0.4) is 0 Å². The maximum atomic E-state index is 11.4. The number of aryl methyl sites for hydroxylation is 2. The van der Waals surface area contributed by atoms with Gasteiger partial charge in [-0.15, -0.1) is 0 Å². The number of hydrogen-bond donors (Lipinski definition) is 1. The summed E-state index contributed by atoms with van der Waals surface area (Å²) in [5.74, 6) is 0.790. The van der Waals surface area contributed by atoms with Gasteiger partial charge < -0.3 is 14.8 Å². The second-order valence-corrected chi connectivity index (χ2v) is 4.19. The van der Waals surface area contributed by atoms with Gasteiger partial charge in [0.05, 0.1) is 19.6 Å². The van der Waals surface area contributed by atoms with Gasteiger partial charge in [0.25, 0.3) is 0 Å². The van der Waals surface area contributed by atoms with Crippen molar-refractivity contribution in [3.05, 3.63) is 29.3 Å². The van der Waals surface area contributed by atoms with Crippen LogP contribution >= 0.6 is 0 Å². The Balaban J connectivity index is 2.24. The van der Waals surface area contributed by atoms with Crippen molar-refractivity contribution in [1.29, 1.82) is 0 Å². The minimum atomic E-state index is -0.0177. The Labute approximate surface area is 108 Å². The van der Waals surface area contributed by atoms with E-state index in [0.29, 0.717) is 26.2 Å². The molecule has 18 heavy (non-hydrogen) atoms. The molecule has 0 heterocycles. The quantitative estimate of drug-likeness (QED) is 0.752. The molecule has 0 spiro atoms. The zero-order chi connectivity index (χ0) is 13.4. The van der Waals surface area contributed by atoms with Crippen LogP contribution in [0.4, 0.5) is 0 Å². The van der Waals surface area contributed by atoms with Gasteiger partial charge in [0, 0.05) is 13.7 Å². The number of carbonyl (C=O) groups is 1. The van der Waals surface area contributed by atoms with Crippen LogP contribution in [-0.4, -0.2) is 32.8 Å². The number of rotatable bonds is 7. The number of carbonyl (C=O) groups excluding carboxylic acids is 1. The molecule has 1 N–H and O–H groups in total. The molecule has 1 aromatic carbocycles.